The van der Waals surface area contributed by atoms with Gasteiger partial charge in [-0.1, -0.05) is 30.3 Å². The van der Waals surface area contributed by atoms with Crippen LogP contribution in [0.5, 0.6) is 0 Å². The van der Waals surface area contributed by atoms with E-state index in [0.29, 0.717) is 0 Å². The summed E-state index contributed by atoms with van der Waals surface area (Å²) in [6, 6.07) is 15.3. The molecule has 0 aliphatic rings. The van der Waals surface area contributed by atoms with E-state index in [1.165, 1.54) is 30.3 Å². The van der Waals surface area contributed by atoms with Crippen LogP contribution in [0.15, 0.2) is 47.8 Å². The second-order valence-electron chi connectivity index (χ2n) is 3.88. The van der Waals surface area contributed by atoms with Crippen molar-refractivity contribution in [1.82, 2.24) is 0 Å². The maximum Gasteiger partial charge on any atom is 0.0533 e. The summed E-state index contributed by atoms with van der Waals surface area (Å²) in [5.41, 5.74) is 0. The van der Waals surface area contributed by atoms with E-state index in [4.69, 9.17) is 0 Å². The van der Waals surface area contributed by atoms with E-state index in [-0.39, 0.29) is 0 Å². The fourth-order valence-electron chi connectivity index (χ4n) is 2.21. The molecule has 4 aromatic rings. The molecule has 0 nitrogen and oxygen atoms in total. The molecule has 0 spiro atoms. The maximum absolute atomic E-state index is 2.25. The second kappa shape index (κ2) is 3.06. The Morgan fingerprint density at radius 2 is 1.69 bits per heavy atom. The fraction of sp³-hybridized carbons (Fsp3) is 0. The van der Waals surface area contributed by atoms with Gasteiger partial charge in [0.2, 0.25) is 0 Å². The normalized spacial score (nSPS) is 11.8. The van der Waals surface area contributed by atoms with Gasteiger partial charge in [0, 0.05) is 15.5 Å². The Kier molecular flexibility index (Phi) is 1.67. The summed E-state index contributed by atoms with van der Waals surface area (Å²) >= 11 is 3.75. The zero-order chi connectivity index (χ0) is 10.5. The maximum atomic E-state index is 2.25. The highest BCUT2D eigenvalue weighted by atomic mass is 32.1. The molecule has 0 atom stereocenters. The Morgan fingerprint density at radius 3 is 2.69 bits per heavy atom. The molecule has 0 fully saturated rings. The second-order valence-corrected chi connectivity index (χ2v) is 5.85. The summed E-state index contributed by atoms with van der Waals surface area (Å²) in [5.74, 6) is 0. The van der Waals surface area contributed by atoms with Crippen LogP contribution in [0.25, 0.3) is 30.3 Å². The van der Waals surface area contributed by atoms with Crippen molar-refractivity contribution in [1.29, 1.82) is 0 Å². The first-order valence-corrected chi connectivity index (χ1v) is 6.90. The fourth-order valence-corrected chi connectivity index (χ4v) is 4.47. The molecule has 0 aliphatic heterocycles. The van der Waals surface area contributed by atoms with Gasteiger partial charge in [-0.15, -0.1) is 22.7 Å². The highest BCUT2D eigenvalue weighted by Gasteiger charge is 2.07. The van der Waals surface area contributed by atoms with Crippen molar-refractivity contribution in [3.63, 3.8) is 0 Å². The summed E-state index contributed by atoms with van der Waals surface area (Å²) in [6.45, 7) is 0. The van der Waals surface area contributed by atoms with Gasteiger partial charge in [-0.3, -0.25) is 0 Å². The SMILES string of the molecule is c1ccc2c(c1)sc1c2ccc2ccsc21. The monoisotopic (exact) mass is 240 g/mol. The largest absolute Gasteiger partial charge is 0.142 e. The van der Waals surface area contributed by atoms with Gasteiger partial charge < -0.3 is 0 Å². The number of hydrogen-bond acceptors (Lipinski definition) is 2. The predicted octanol–water partition coefficient (Wildman–Crippen LogP) is 5.27. The van der Waals surface area contributed by atoms with Gasteiger partial charge in [0.15, 0.2) is 0 Å². The van der Waals surface area contributed by atoms with E-state index in [1.807, 2.05) is 22.7 Å². The summed E-state index contributed by atoms with van der Waals surface area (Å²) < 4.78 is 4.26. The number of rotatable bonds is 0. The van der Waals surface area contributed by atoms with Gasteiger partial charge in [0.1, 0.15) is 0 Å². The molecular weight excluding hydrogens is 232 g/mol. The van der Waals surface area contributed by atoms with Crippen LogP contribution >= 0.6 is 22.7 Å². The van der Waals surface area contributed by atoms with Crippen molar-refractivity contribution in [2.45, 2.75) is 0 Å². The van der Waals surface area contributed by atoms with E-state index in [9.17, 15) is 0 Å². The standard InChI is InChI=1S/C14H8S2/c1-2-4-12-10(3-1)11-6-5-9-7-8-15-13(9)14(11)16-12/h1-8H. The average Bonchev–Trinajstić information content (AvgIpc) is 2.92. The predicted molar refractivity (Wildman–Crippen MR) is 74.7 cm³/mol. The highest BCUT2D eigenvalue weighted by Crippen LogP contribution is 2.39. The molecular formula is C14H8S2. The number of thiophene rings is 2. The topological polar surface area (TPSA) is 0 Å². The van der Waals surface area contributed by atoms with Crippen LogP contribution < -0.4 is 0 Å². The van der Waals surface area contributed by atoms with Crippen molar-refractivity contribution in [2.75, 3.05) is 0 Å². The van der Waals surface area contributed by atoms with Crippen molar-refractivity contribution in [3.05, 3.63) is 47.8 Å². The van der Waals surface area contributed by atoms with Crippen LogP contribution in [0.2, 0.25) is 0 Å². The third-order valence-electron chi connectivity index (χ3n) is 2.97. The van der Waals surface area contributed by atoms with Crippen LogP contribution in [-0.2, 0) is 0 Å². The highest BCUT2D eigenvalue weighted by molar-refractivity contribution is 7.30. The average molecular weight is 240 g/mol. The molecule has 16 heavy (non-hydrogen) atoms. The minimum Gasteiger partial charge on any atom is -0.142 e. The molecule has 0 saturated carbocycles. The lowest BCUT2D eigenvalue weighted by Gasteiger charge is -1.92. The van der Waals surface area contributed by atoms with Gasteiger partial charge in [-0.25, -0.2) is 0 Å². The lowest BCUT2D eigenvalue weighted by atomic mass is 10.1. The quantitative estimate of drug-likeness (QED) is 0.393. The van der Waals surface area contributed by atoms with Gasteiger partial charge in [0.25, 0.3) is 0 Å². The number of hydrogen-bond donors (Lipinski definition) is 0. The zero-order valence-electron chi connectivity index (χ0n) is 8.44. The molecule has 0 N–H and O–H groups in total. The zero-order valence-corrected chi connectivity index (χ0v) is 10.1. The molecule has 4 rings (SSSR count). The molecule has 0 aliphatic carbocycles. The van der Waals surface area contributed by atoms with Crippen LogP contribution in [-0.4, -0.2) is 0 Å². The van der Waals surface area contributed by atoms with Gasteiger partial charge in [-0.05, 0) is 22.9 Å². The van der Waals surface area contributed by atoms with E-state index in [2.05, 4.69) is 47.8 Å². The Morgan fingerprint density at radius 1 is 0.750 bits per heavy atom. The molecule has 2 heteroatoms. The van der Waals surface area contributed by atoms with Crippen molar-refractivity contribution >= 4 is 52.9 Å². The minimum atomic E-state index is 1.36. The molecule has 0 amide bonds. The lowest BCUT2D eigenvalue weighted by molar-refractivity contribution is 1.86. The first kappa shape index (κ1) is 8.74. The van der Waals surface area contributed by atoms with E-state index >= 15 is 0 Å². The third kappa shape index (κ3) is 1.03. The minimum absolute atomic E-state index is 1.36. The first-order valence-electron chi connectivity index (χ1n) is 5.21. The Labute approximate surface area is 101 Å². The van der Waals surface area contributed by atoms with Crippen LogP contribution in [0, 0.1) is 0 Å². The van der Waals surface area contributed by atoms with E-state index in [1.54, 1.807) is 0 Å². The van der Waals surface area contributed by atoms with Gasteiger partial charge in [0.05, 0.1) is 9.40 Å². The summed E-state index contributed by atoms with van der Waals surface area (Å²) in [5, 5.41) is 6.33. The molecule has 2 aromatic heterocycles. The lowest BCUT2D eigenvalue weighted by Crippen LogP contribution is -1.65. The molecule has 0 saturated heterocycles. The van der Waals surface area contributed by atoms with E-state index < -0.39 is 0 Å². The number of benzene rings is 2. The molecule has 76 valence electrons. The Hall–Kier alpha value is -1.38. The van der Waals surface area contributed by atoms with Crippen LogP contribution in [0.1, 0.15) is 0 Å². The first-order chi connectivity index (χ1) is 7.93. The molecule has 0 bridgehead atoms. The molecule has 0 unspecified atom stereocenters. The van der Waals surface area contributed by atoms with E-state index in [0.717, 1.165) is 0 Å². The Balaban J connectivity index is 2.38. The van der Waals surface area contributed by atoms with Gasteiger partial charge >= 0.3 is 0 Å². The van der Waals surface area contributed by atoms with Crippen molar-refractivity contribution < 1.29 is 0 Å². The molecule has 0 radical (unpaired) electrons. The Bertz CT molecular complexity index is 805. The van der Waals surface area contributed by atoms with Crippen LogP contribution in [0.4, 0.5) is 0 Å². The summed E-state index contributed by atoms with van der Waals surface area (Å²) in [7, 11) is 0. The molecule has 2 heterocycles. The van der Waals surface area contributed by atoms with Crippen molar-refractivity contribution in [2.24, 2.45) is 0 Å². The summed E-state index contributed by atoms with van der Waals surface area (Å²) in [4.78, 5) is 0. The smallest absolute Gasteiger partial charge is 0.0533 e. The summed E-state index contributed by atoms with van der Waals surface area (Å²) in [6.07, 6.45) is 0. The van der Waals surface area contributed by atoms with Crippen molar-refractivity contribution in [3.8, 4) is 0 Å². The third-order valence-corrected chi connectivity index (χ3v) is 5.25. The number of fused-ring (bicyclic) bond motifs is 5. The van der Waals surface area contributed by atoms with Crippen LogP contribution in [0.3, 0.4) is 0 Å². The van der Waals surface area contributed by atoms with Gasteiger partial charge in [-0.2, -0.15) is 0 Å². The molecule has 2 aromatic carbocycles.